The lowest BCUT2D eigenvalue weighted by molar-refractivity contribution is -0.142. The topological polar surface area (TPSA) is 69.6 Å². The summed E-state index contributed by atoms with van der Waals surface area (Å²) in [5.74, 6) is -2.60. The first-order valence-corrected chi connectivity index (χ1v) is 6.08. The number of piperazine rings is 1. The van der Waals surface area contributed by atoms with Crippen molar-refractivity contribution in [3.8, 4) is 0 Å². The number of carboxylic acid groups (broad SMARTS) is 1. The van der Waals surface area contributed by atoms with Crippen LogP contribution in [0.4, 0.5) is 4.39 Å². The fraction of sp³-hybridized carbons (Fsp3) is 0.333. The predicted molar refractivity (Wildman–Crippen MR) is 66.7 cm³/mol. The predicted octanol–water partition coefficient (Wildman–Crippen LogP) is 0.978. The zero-order valence-electron chi connectivity index (χ0n) is 9.90. The van der Waals surface area contributed by atoms with Crippen LogP contribution in [0.25, 0.3) is 0 Å². The number of aliphatic carboxylic acids is 1. The SMILES string of the molecule is O=C(O)C1CNCCN1C(=O)c1cccc(Cl)c1F. The summed E-state index contributed by atoms with van der Waals surface area (Å²) in [7, 11) is 0. The molecule has 1 unspecified atom stereocenters. The molecule has 19 heavy (non-hydrogen) atoms. The summed E-state index contributed by atoms with van der Waals surface area (Å²) in [5.41, 5.74) is -0.208. The highest BCUT2D eigenvalue weighted by Gasteiger charge is 2.33. The van der Waals surface area contributed by atoms with E-state index >= 15 is 0 Å². The molecule has 1 aliphatic heterocycles. The van der Waals surface area contributed by atoms with Crippen molar-refractivity contribution in [3.05, 3.63) is 34.6 Å². The molecule has 1 aromatic rings. The number of carboxylic acids is 1. The maximum Gasteiger partial charge on any atom is 0.327 e. The first kappa shape index (κ1) is 13.8. The second-order valence-electron chi connectivity index (χ2n) is 4.16. The van der Waals surface area contributed by atoms with Crippen LogP contribution in [-0.4, -0.2) is 47.6 Å². The average Bonchev–Trinajstić information content (AvgIpc) is 2.41. The molecule has 1 aliphatic rings. The molecule has 0 aliphatic carbocycles. The Hall–Kier alpha value is -1.66. The molecule has 0 bridgehead atoms. The Morgan fingerprint density at radius 2 is 2.21 bits per heavy atom. The summed E-state index contributed by atoms with van der Waals surface area (Å²) < 4.78 is 13.8. The van der Waals surface area contributed by atoms with Crippen LogP contribution < -0.4 is 5.32 Å². The molecule has 2 N–H and O–H groups in total. The number of carbonyl (C=O) groups is 2. The van der Waals surface area contributed by atoms with Gasteiger partial charge in [0.05, 0.1) is 10.6 Å². The highest BCUT2D eigenvalue weighted by atomic mass is 35.5. The number of amides is 1. The van der Waals surface area contributed by atoms with Gasteiger partial charge in [0.25, 0.3) is 5.91 Å². The van der Waals surface area contributed by atoms with Crippen LogP contribution in [0.15, 0.2) is 18.2 Å². The number of rotatable bonds is 2. The quantitative estimate of drug-likeness (QED) is 0.850. The van der Waals surface area contributed by atoms with Gasteiger partial charge in [0.15, 0.2) is 5.82 Å². The Kier molecular flexibility index (Phi) is 4.01. The van der Waals surface area contributed by atoms with Gasteiger partial charge in [-0.05, 0) is 12.1 Å². The largest absolute Gasteiger partial charge is 0.480 e. The highest BCUT2D eigenvalue weighted by Crippen LogP contribution is 2.20. The molecule has 1 amide bonds. The van der Waals surface area contributed by atoms with Crippen molar-refractivity contribution in [2.24, 2.45) is 0 Å². The first-order chi connectivity index (χ1) is 9.02. The lowest BCUT2D eigenvalue weighted by Crippen LogP contribution is -2.57. The minimum absolute atomic E-state index is 0.142. The van der Waals surface area contributed by atoms with E-state index in [1.54, 1.807) is 0 Å². The fourth-order valence-corrected chi connectivity index (χ4v) is 2.17. The van der Waals surface area contributed by atoms with E-state index in [1.807, 2.05) is 0 Å². The van der Waals surface area contributed by atoms with Crippen molar-refractivity contribution in [1.82, 2.24) is 10.2 Å². The van der Waals surface area contributed by atoms with E-state index in [4.69, 9.17) is 16.7 Å². The first-order valence-electron chi connectivity index (χ1n) is 5.71. The van der Waals surface area contributed by atoms with E-state index in [2.05, 4.69) is 5.32 Å². The smallest absolute Gasteiger partial charge is 0.327 e. The third-order valence-corrected chi connectivity index (χ3v) is 3.26. The molecule has 1 saturated heterocycles. The molecular weight excluding hydrogens is 275 g/mol. The molecule has 1 fully saturated rings. The van der Waals surface area contributed by atoms with Crippen LogP contribution in [0.2, 0.25) is 5.02 Å². The van der Waals surface area contributed by atoms with Gasteiger partial charge in [-0.3, -0.25) is 4.79 Å². The number of nitrogens with one attached hydrogen (secondary N) is 1. The van der Waals surface area contributed by atoms with Gasteiger partial charge in [-0.25, -0.2) is 9.18 Å². The van der Waals surface area contributed by atoms with Gasteiger partial charge in [0, 0.05) is 19.6 Å². The maximum atomic E-state index is 13.8. The van der Waals surface area contributed by atoms with Gasteiger partial charge >= 0.3 is 5.97 Å². The Labute approximate surface area is 114 Å². The summed E-state index contributed by atoms with van der Waals surface area (Å²) >= 11 is 5.62. The molecule has 1 aromatic carbocycles. The van der Waals surface area contributed by atoms with Crippen molar-refractivity contribution in [1.29, 1.82) is 0 Å². The Morgan fingerprint density at radius 3 is 2.89 bits per heavy atom. The third kappa shape index (κ3) is 2.69. The van der Waals surface area contributed by atoms with Gasteiger partial charge in [-0.1, -0.05) is 17.7 Å². The zero-order valence-corrected chi connectivity index (χ0v) is 10.7. The lowest BCUT2D eigenvalue weighted by Gasteiger charge is -2.33. The fourth-order valence-electron chi connectivity index (χ4n) is 1.99. The molecule has 0 aromatic heterocycles. The number of carbonyl (C=O) groups excluding carboxylic acids is 1. The zero-order chi connectivity index (χ0) is 14.0. The molecule has 0 spiro atoms. The number of halogens is 2. The maximum absolute atomic E-state index is 13.8. The minimum Gasteiger partial charge on any atom is -0.480 e. The number of hydrogen-bond acceptors (Lipinski definition) is 3. The molecular formula is C12H12ClFN2O3. The average molecular weight is 287 g/mol. The van der Waals surface area contributed by atoms with Crippen molar-refractivity contribution in [2.75, 3.05) is 19.6 Å². The molecule has 1 atom stereocenters. The minimum atomic E-state index is -1.12. The van der Waals surface area contributed by atoms with Gasteiger partial charge in [0.1, 0.15) is 6.04 Å². The highest BCUT2D eigenvalue weighted by molar-refractivity contribution is 6.31. The number of hydrogen-bond donors (Lipinski definition) is 2. The molecule has 7 heteroatoms. The monoisotopic (exact) mass is 286 g/mol. The summed E-state index contributed by atoms with van der Waals surface area (Å²) in [6.07, 6.45) is 0. The summed E-state index contributed by atoms with van der Waals surface area (Å²) in [6.45, 7) is 0.822. The van der Waals surface area contributed by atoms with Crippen LogP contribution in [0.3, 0.4) is 0 Å². The van der Waals surface area contributed by atoms with Gasteiger partial charge < -0.3 is 15.3 Å². The van der Waals surface area contributed by atoms with E-state index in [0.29, 0.717) is 6.54 Å². The van der Waals surface area contributed by atoms with Crippen LogP contribution in [0.5, 0.6) is 0 Å². The second-order valence-corrected chi connectivity index (χ2v) is 4.57. The van der Waals surface area contributed by atoms with E-state index in [9.17, 15) is 14.0 Å². The van der Waals surface area contributed by atoms with Crippen molar-refractivity contribution >= 4 is 23.5 Å². The molecule has 0 saturated carbocycles. The lowest BCUT2D eigenvalue weighted by atomic mass is 10.1. The van der Waals surface area contributed by atoms with E-state index in [0.717, 1.165) is 4.90 Å². The number of benzene rings is 1. The van der Waals surface area contributed by atoms with Gasteiger partial charge in [0.2, 0.25) is 0 Å². The Balaban J connectivity index is 2.31. The Bertz CT molecular complexity index is 524. The van der Waals surface area contributed by atoms with Crippen LogP contribution in [0.1, 0.15) is 10.4 Å². The van der Waals surface area contributed by atoms with E-state index in [1.165, 1.54) is 18.2 Å². The van der Waals surface area contributed by atoms with Gasteiger partial charge in [-0.2, -0.15) is 0 Å². The van der Waals surface area contributed by atoms with Crippen LogP contribution in [-0.2, 0) is 4.79 Å². The second kappa shape index (κ2) is 5.54. The molecule has 102 valence electrons. The van der Waals surface area contributed by atoms with E-state index < -0.39 is 23.7 Å². The molecule has 0 radical (unpaired) electrons. The normalized spacial score (nSPS) is 19.3. The standard InChI is InChI=1S/C12H12ClFN2O3/c13-8-3-1-2-7(10(8)14)11(17)16-5-4-15-6-9(16)12(18)19/h1-3,9,15H,4-6H2,(H,18,19). The van der Waals surface area contributed by atoms with Crippen molar-refractivity contribution in [3.63, 3.8) is 0 Å². The van der Waals surface area contributed by atoms with Crippen molar-refractivity contribution < 1.29 is 19.1 Å². The van der Waals surface area contributed by atoms with E-state index in [-0.39, 0.29) is 23.7 Å². The van der Waals surface area contributed by atoms with Gasteiger partial charge in [-0.15, -0.1) is 0 Å². The summed E-state index contributed by atoms with van der Waals surface area (Å²) in [4.78, 5) is 24.5. The third-order valence-electron chi connectivity index (χ3n) is 2.97. The summed E-state index contributed by atoms with van der Waals surface area (Å²) in [5, 5.41) is 11.8. The number of nitrogens with zero attached hydrogens (tertiary/aromatic N) is 1. The Morgan fingerprint density at radius 1 is 1.47 bits per heavy atom. The molecule has 5 nitrogen and oxygen atoms in total. The van der Waals surface area contributed by atoms with Crippen LogP contribution >= 0.6 is 11.6 Å². The molecule has 1 heterocycles. The molecule has 2 rings (SSSR count). The van der Waals surface area contributed by atoms with Crippen molar-refractivity contribution in [2.45, 2.75) is 6.04 Å². The summed E-state index contributed by atoms with van der Waals surface area (Å²) in [6, 6.07) is 3.08. The van der Waals surface area contributed by atoms with Crippen LogP contribution in [0, 0.1) is 5.82 Å².